The van der Waals surface area contributed by atoms with E-state index in [1.54, 1.807) is 38.5 Å². The molecule has 27 heavy (non-hydrogen) atoms. The number of nitrogens with one attached hydrogen (secondary N) is 1. The summed E-state index contributed by atoms with van der Waals surface area (Å²) in [7, 11) is 3.15. The van der Waals surface area contributed by atoms with Gasteiger partial charge in [0, 0.05) is 18.3 Å². The number of likely N-dealkylation sites (tertiary alicyclic amines) is 1. The molecule has 2 aromatic rings. The minimum Gasteiger partial charge on any atom is -0.493 e. The number of ether oxygens (including phenoxy) is 2. The van der Waals surface area contributed by atoms with E-state index in [1.807, 2.05) is 12.1 Å². The van der Waals surface area contributed by atoms with Crippen LogP contribution in [0.25, 0.3) is 0 Å². The molecule has 1 N–H and O–H groups in total. The van der Waals surface area contributed by atoms with Crippen molar-refractivity contribution in [3.8, 4) is 11.5 Å². The molecule has 144 valence electrons. The Morgan fingerprint density at radius 2 is 1.89 bits per heavy atom. The van der Waals surface area contributed by atoms with Crippen molar-refractivity contribution in [3.63, 3.8) is 0 Å². The number of rotatable bonds is 6. The van der Waals surface area contributed by atoms with Gasteiger partial charge in [0.2, 0.25) is 5.91 Å². The Kier molecular flexibility index (Phi) is 6.47. The monoisotopic (exact) mass is 408 g/mol. The first kappa shape index (κ1) is 19.8. The van der Waals surface area contributed by atoms with Crippen LogP contribution in [0.15, 0.2) is 36.4 Å². The van der Waals surface area contributed by atoms with Crippen LogP contribution in [0.1, 0.15) is 18.4 Å². The lowest BCUT2D eigenvalue weighted by atomic mass is 10.1. The zero-order valence-corrected chi connectivity index (χ0v) is 16.8. The SMILES string of the molecule is COc1ccc(NC(=O)[C@H]2CCCN2Cc2ccc(Cl)c(Cl)c2)cc1OC. The van der Waals surface area contributed by atoms with Gasteiger partial charge in [-0.15, -0.1) is 0 Å². The summed E-state index contributed by atoms with van der Waals surface area (Å²) >= 11 is 12.1. The Labute approximate surface area is 169 Å². The summed E-state index contributed by atoms with van der Waals surface area (Å²) < 4.78 is 10.5. The summed E-state index contributed by atoms with van der Waals surface area (Å²) in [5.74, 6) is 1.17. The second kappa shape index (κ2) is 8.83. The first-order chi connectivity index (χ1) is 13.0. The largest absolute Gasteiger partial charge is 0.493 e. The number of hydrogen-bond acceptors (Lipinski definition) is 4. The predicted molar refractivity (Wildman–Crippen MR) is 108 cm³/mol. The summed E-state index contributed by atoms with van der Waals surface area (Å²) in [5, 5.41) is 4.04. The molecule has 0 spiro atoms. The van der Waals surface area contributed by atoms with E-state index < -0.39 is 0 Å². The zero-order chi connectivity index (χ0) is 19.4. The molecule has 1 aliphatic heterocycles. The first-order valence-electron chi connectivity index (χ1n) is 8.72. The summed E-state index contributed by atoms with van der Waals surface area (Å²) in [6.45, 7) is 1.52. The maximum atomic E-state index is 12.8. The standard InChI is InChI=1S/C20H22Cl2N2O3/c1-26-18-8-6-14(11-19(18)27-2)23-20(25)17-4-3-9-24(17)12-13-5-7-15(21)16(22)10-13/h5-8,10-11,17H,3-4,9,12H2,1-2H3,(H,23,25)/t17-/m1/s1. The molecule has 1 aliphatic rings. The number of nitrogens with zero attached hydrogens (tertiary/aromatic N) is 1. The lowest BCUT2D eigenvalue weighted by Crippen LogP contribution is -2.39. The fourth-order valence-electron chi connectivity index (χ4n) is 3.32. The van der Waals surface area contributed by atoms with E-state index in [0.717, 1.165) is 24.9 Å². The molecular weight excluding hydrogens is 387 g/mol. The van der Waals surface area contributed by atoms with E-state index in [1.165, 1.54) is 0 Å². The van der Waals surface area contributed by atoms with Gasteiger partial charge in [-0.1, -0.05) is 29.3 Å². The average molecular weight is 409 g/mol. The number of anilines is 1. The Bertz CT molecular complexity index is 829. The van der Waals surface area contributed by atoms with Crippen LogP contribution in [-0.4, -0.2) is 37.6 Å². The topological polar surface area (TPSA) is 50.8 Å². The maximum absolute atomic E-state index is 12.8. The van der Waals surface area contributed by atoms with Gasteiger partial charge < -0.3 is 14.8 Å². The van der Waals surface area contributed by atoms with E-state index in [0.29, 0.717) is 33.8 Å². The molecule has 1 amide bonds. The van der Waals surface area contributed by atoms with Crippen molar-refractivity contribution >= 4 is 34.8 Å². The molecule has 1 fully saturated rings. The van der Waals surface area contributed by atoms with Crippen LogP contribution >= 0.6 is 23.2 Å². The van der Waals surface area contributed by atoms with Crippen molar-refractivity contribution in [3.05, 3.63) is 52.0 Å². The van der Waals surface area contributed by atoms with Crippen LogP contribution in [0, 0.1) is 0 Å². The number of amides is 1. The van der Waals surface area contributed by atoms with Gasteiger partial charge >= 0.3 is 0 Å². The highest BCUT2D eigenvalue weighted by Crippen LogP contribution is 2.31. The molecule has 5 nitrogen and oxygen atoms in total. The highest BCUT2D eigenvalue weighted by molar-refractivity contribution is 6.42. The Balaban J connectivity index is 1.69. The second-order valence-electron chi connectivity index (χ2n) is 6.44. The van der Waals surface area contributed by atoms with Crippen LogP contribution < -0.4 is 14.8 Å². The van der Waals surface area contributed by atoms with Crippen molar-refractivity contribution in [2.24, 2.45) is 0 Å². The van der Waals surface area contributed by atoms with Crippen molar-refractivity contribution < 1.29 is 14.3 Å². The van der Waals surface area contributed by atoms with E-state index in [2.05, 4.69) is 10.2 Å². The number of methoxy groups -OCH3 is 2. The third-order valence-electron chi connectivity index (χ3n) is 4.69. The van der Waals surface area contributed by atoms with E-state index in [-0.39, 0.29) is 11.9 Å². The highest BCUT2D eigenvalue weighted by atomic mass is 35.5. The molecule has 1 heterocycles. The average Bonchev–Trinajstić information content (AvgIpc) is 3.13. The van der Waals surface area contributed by atoms with Gasteiger partial charge in [0.15, 0.2) is 11.5 Å². The number of hydrogen-bond donors (Lipinski definition) is 1. The molecule has 2 aromatic carbocycles. The van der Waals surface area contributed by atoms with Crippen LogP contribution in [0.2, 0.25) is 10.0 Å². The number of halogens is 2. The minimum atomic E-state index is -0.187. The van der Waals surface area contributed by atoms with Crippen molar-refractivity contribution in [2.45, 2.75) is 25.4 Å². The third-order valence-corrected chi connectivity index (χ3v) is 5.43. The van der Waals surface area contributed by atoms with Crippen LogP contribution in [0.3, 0.4) is 0 Å². The Morgan fingerprint density at radius 1 is 1.11 bits per heavy atom. The van der Waals surface area contributed by atoms with Crippen molar-refractivity contribution in [1.29, 1.82) is 0 Å². The Morgan fingerprint density at radius 3 is 2.59 bits per heavy atom. The summed E-state index contributed by atoms with van der Waals surface area (Å²) in [5.41, 5.74) is 1.72. The van der Waals surface area contributed by atoms with Crippen LogP contribution in [-0.2, 0) is 11.3 Å². The quantitative estimate of drug-likeness (QED) is 0.757. The molecule has 0 unspecified atom stereocenters. The normalized spacial score (nSPS) is 17.0. The molecule has 3 rings (SSSR count). The van der Waals surface area contributed by atoms with E-state index in [4.69, 9.17) is 32.7 Å². The predicted octanol–water partition coefficient (Wildman–Crippen LogP) is 4.61. The zero-order valence-electron chi connectivity index (χ0n) is 15.3. The molecule has 0 aliphatic carbocycles. The van der Waals surface area contributed by atoms with Gasteiger partial charge in [-0.2, -0.15) is 0 Å². The van der Waals surface area contributed by atoms with Gasteiger partial charge in [-0.05, 0) is 49.2 Å². The highest BCUT2D eigenvalue weighted by Gasteiger charge is 2.30. The van der Waals surface area contributed by atoms with Crippen molar-refractivity contribution in [1.82, 2.24) is 4.90 Å². The van der Waals surface area contributed by atoms with Gasteiger partial charge in [-0.25, -0.2) is 0 Å². The van der Waals surface area contributed by atoms with Gasteiger partial charge in [-0.3, -0.25) is 9.69 Å². The Hall–Kier alpha value is -1.95. The molecular formula is C20H22Cl2N2O3. The fraction of sp³-hybridized carbons (Fsp3) is 0.350. The van der Waals surface area contributed by atoms with Gasteiger partial charge in [0.25, 0.3) is 0 Å². The van der Waals surface area contributed by atoms with Crippen LogP contribution in [0.4, 0.5) is 5.69 Å². The van der Waals surface area contributed by atoms with Gasteiger partial charge in [0.1, 0.15) is 0 Å². The molecule has 0 saturated carbocycles. The number of carbonyl (C=O) groups excluding carboxylic acids is 1. The lowest BCUT2D eigenvalue weighted by Gasteiger charge is -2.24. The molecule has 1 saturated heterocycles. The molecule has 0 radical (unpaired) electrons. The molecule has 0 aromatic heterocycles. The summed E-state index contributed by atoms with van der Waals surface area (Å²) in [4.78, 5) is 15.0. The minimum absolute atomic E-state index is 0.0280. The molecule has 0 bridgehead atoms. The lowest BCUT2D eigenvalue weighted by molar-refractivity contribution is -0.120. The molecule has 7 heteroatoms. The first-order valence-corrected chi connectivity index (χ1v) is 9.48. The second-order valence-corrected chi connectivity index (χ2v) is 7.25. The van der Waals surface area contributed by atoms with E-state index in [9.17, 15) is 4.79 Å². The number of benzene rings is 2. The third kappa shape index (κ3) is 4.67. The van der Waals surface area contributed by atoms with Gasteiger partial charge in [0.05, 0.1) is 30.3 Å². The summed E-state index contributed by atoms with van der Waals surface area (Å²) in [6, 6.07) is 10.7. The van der Waals surface area contributed by atoms with Crippen LogP contribution in [0.5, 0.6) is 11.5 Å². The fourth-order valence-corrected chi connectivity index (χ4v) is 3.65. The smallest absolute Gasteiger partial charge is 0.241 e. The molecule has 1 atom stereocenters. The van der Waals surface area contributed by atoms with Crippen molar-refractivity contribution in [2.75, 3.05) is 26.1 Å². The summed E-state index contributed by atoms with van der Waals surface area (Å²) in [6.07, 6.45) is 1.80. The number of carbonyl (C=O) groups is 1. The van der Waals surface area contributed by atoms with E-state index >= 15 is 0 Å². The maximum Gasteiger partial charge on any atom is 0.241 e.